The average molecular weight is 376 g/mol. The highest BCUT2D eigenvalue weighted by molar-refractivity contribution is 5.92. The van der Waals surface area contributed by atoms with Gasteiger partial charge in [-0.3, -0.25) is 4.79 Å². The summed E-state index contributed by atoms with van der Waals surface area (Å²) in [7, 11) is 3.77. The Hall–Kier alpha value is -3.75. The number of hydrogen-bond acceptors (Lipinski definition) is 9. The van der Waals surface area contributed by atoms with Crippen LogP contribution < -0.4 is 19.6 Å². The summed E-state index contributed by atoms with van der Waals surface area (Å²) in [6.45, 7) is 0. The van der Waals surface area contributed by atoms with Gasteiger partial charge in [0.05, 0.1) is 26.9 Å². The second-order valence-corrected chi connectivity index (χ2v) is 5.46. The minimum atomic E-state index is -0.793. The van der Waals surface area contributed by atoms with E-state index in [4.69, 9.17) is 18.6 Å². The van der Waals surface area contributed by atoms with E-state index in [0.717, 1.165) is 0 Å². The van der Waals surface area contributed by atoms with Gasteiger partial charge >= 0.3 is 0 Å². The van der Waals surface area contributed by atoms with Crippen LogP contribution >= 0.6 is 0 Å². The molecule has 142 valence electrons. The molecule has 2 aromatic carbocycles. The van der Waals surface area contributed by atoms with Gasteiger partial charge in [-0.1, -0.05) is 0 Å². The lowest BCUT2D eigenvalue weighted by Crippen LogP contribution is -2.08. The Balaban J connectivity index is 2.43. The molecule has 0 atom stereocenters. The zero-order valence-corrected chi connectivity index (χ0v) is 14.6. The molecule has 0 saturated heterocycles. The first kappa shape index (κ1) is 18.1. The molecule has 3 rings (SSSR count). The number of fused-ring (bicyclic) bond motifs is 1. The lowest BCUT2D eigenvalue weighted by Gasteiger charge is -2.14. The summed E-state index contributed by atoms with van der Waals surface area (Å²) in [6.07, 6.45) is 0. The summed E-state index contributed by atoms with van der Waals surface area (Å²) >= 11 is 0. The summed E-state index contributed by atoms with van der Waals surface area (Å²) in [5.41, 5.74) is -0.966. The highest BCUT2D eigenvalue weighted by atomic mass is 16.5. The quantitative estimate of drug-likeness (QED) is 0.505. The molecular formula is C18H16O9. The lowest BCUT2D eigenvalue weighted by molar-refractivity contribution is 0.349. The smallest absolute Gasteiger partial charge is 0.239 e. The van der Waals surface area contributed by atoms with Gasteiger partial charge in [0, 0.05) is 6.07 Å². The molecule has 3 aromatic rings. The molecule has 0 saturated carbocycles. The lowest BCUT2D eigenvalue weighted by atomic mass is 10.1. The van der Waals surface area contributed by atoms with E-state index >= 15 is 0 Å². The Morgan fingerprint density at radius 3 is 2.04 bits per heavy atom. The molecule has 0 radical (unpaired) electrons. The number of methoxy groups -OCH3 is 3. The third kappa shape index (κ3) is 2.60. The number of ether oxygens (including phenoxy) is 3. The Labute approximate surface area is 152 Å². The number of benzene rings is 2. The Kier molecular flexibility index (Phi) is 4.36. The van der Waals surface area contributed by atoms with Crippen LogP contribution in [-0.2, 0) is 0 Å². The van der Waals surface area contributed by atoms with Crippen LogP contribution in [0.3, 0.4) is 0 Å². The number of phenols is 4. The van der Waals surface area contributed by atoms with E-state index in [2.05, 4.69) is 0 Å². The molecule has 9 nitrogen and oxygen atoms in total. The first-order valence-corrected chi connectivity index (χ1v) is 7.58. The molecule has 1 aromatic heterocycles. The Bertz CT molecular complexity index is 1100. The van der Waals surface area contributed by atoms with Gasteiger partial charge in [-0.05, 0) is 12.1 Å². The van der Waals surface area contributed by atoms with Crippen molar-refractivity contribution in [2.24, 2.45) is 0 Å². The molecule has 0 aliphatic carbocycles. The van der Waals surface area contributed by atoms with Gasteiger partial charge in [-0.15, -0.1) is 0 Å². The van der Waals surface area contributed by atoms with Gasteiger partial charge in [-0.25, -0.2) is 0 Å². The summed E-state index contributed by atoms with van der Waals surface area (Å²) < 4.78 is 20.6. The molecule has 0 unspecified atom stereocenters. The standard InChI is InChI=1S/C18H16O9/c1-24-8-5-4-7(12(19)13(8)20)17-18(26-3)16(23)11-9(27-17)6-10(25-2)14(21)15(11)22/h4-6,19-22H,1-3H3. The fourth-order valence-corrected chi connectivity index (χ4v) is 2.71. The highest BCUT2D eigenvalue weighted by Crippen LogP contribution is 2.47. The Morgan fingerprint density at radius 1 is 0.815 bits per heavy atom. The highest BCUT2D eigenvalue weighted by Gasteiger charge is 2.26. The van der Waals surface area contributed by atoms with Gasteiger partial charge in [0.15, 0.2) is 28.8 Å². The van der Waals surface area contributed by atoms with Crippen molar-refractivity contribution in [3.63, 3.8) is 0 Å². The first-order chi connectivity index (χ1) is 12.8. The van der Waals surface area contributed by atoms with Gasteiger partial charge < -0.3 is 39.1 Å². The van der Waals surface area contributed by atoms with Crippen molar-refractivity contribution in [1.29, 1.82) is 0 Å². The predicted octanol–water partition coefficient (Wildman–Crippen LogP) is 2.31. The average Bonchev–Trinajstić information content (AvgIpc) is 2.66. The van der Waals surface area contributed by atoms with E-state index in [1.54, 1.807) is 0 Å². The van der Waals surface area contributed by atoms with Crippen LogP contribution in [0.4, 0.5) is 0 Å². The summed E-state index contributed by atoms with van der Waals surface area (Å²) in [6, 6.07) is 3.93. The van der Waals surface area contributed by atoms with Crippen LogP contribution in [0.15, 0.2) is 27.4 Å². The number of aromatic hydroxyl groups is 4. The summed E-state index contributed by atoms with van der Waals surface area (Å²) in [5.74, 6) is -3.15. The summed E-state index contributed by atoms with van der Waals surface area (Å²) in [4.78, 5) is 12.8. The fraction of sp³-hybridized carbons (Fsp3) is 0.167. The van der Waals surface area contributed by atoms with E-state index in [1.165, 1.54) is 39.5 Å². The van der Waals surface area contributed by atoms with Gasteiger partial charge in [-0.2, -0.15) is 0 Å². The minimum absolute atomic E-state index is 0.0163. The molecule has 0 spiro atoms. The normalized spacial score (nSPS) is 10.8. The van der Waals surface area contributed by atoms with Crippen molar-refractivity contribution in [3.05, 3.63) is 28.4 Å². The Morgan fingerprint density at radius 2 is 1.44 bits per heavy atom. The second kappa shape index (κ2) is 6.52. The van der Waals surface area contributed by atoms with E-state index in [0.29, 0.717) is 0 Å². The number of phenolic OH excluding ortho intramolecular Hbond substituents is 4. The van der Waals surface area contributed by atoms with E-state index in [9.17, 15) is 25.2 Å². The van der Waals surface area contributed by atoms with Crippen LogP contribution in [0.2, 0.25) is 0 Å². The van der Waals surface area contributed by atoms with Crippen molar-refractivity contribution in [2.75, 3.05) is 21.3 Å². The molecule has 1 heterocycles. The van der Waals surface area contributed by atoms with Crippen molar-refractivity contribution in [3.8, 4) is 51.6 Å². The number of hydrogen-bond donors (Lipinski definition) is 4. The first-order valence-electron chi connectivity index (χ1n) is 7.58. The van der Waals surface area contributed by atoms with Crippen LogP contribution in [0.5, 0.6) is 40.2 Å². The van der Waals surface area contributed by atoms with E-state index in [1.807, 2.05) is 0 Å². The molecule has 4 N–H and O–H groups in total. The second-order valence-electron chi connectivity index (χ2n) is 5.46. The monoisotopic (exact) mass is 376 g/mol. The number of rotatable bonds is 4. The van der Waals surface area contributed by atoms with Crippen LogP contribution in [0, 0.1) is 0 Å². The zero-order valence-electron chi connectivity index (χ0n) is 14.6. The van der Waals surface area contributed by atoms with E-state index in [-0.39, 0.29) is 39.5 Å². The van der Waals surface area contributed by atoms with Gasteiger partial charge in [0.2, 0.25) is 22.7 Å². The van der Waals surface area contributed by atoms with Crippen molar-refractivity contribution >= 4 is 11.0 Å². The molecule has 0 bridgehead atoms. The van der Waals surface area contributed by atoms with Crippen LogP contribution in [0.25, 0.3) is 22.3 Å². The molecule has 0 fully saturated rings. The molecule has 0 aliphatic heterocycles. The fourth-order valence-electron chi connectivity index (χ4n) is 2.71. The minimum Gasteiger partial charge on any atom is -0.504 e. The summed E-state index contributed by atoms with van der Waals surface area (Å²) in [5, 5.41) is 40.0. The molecule has 0 aliphatic rings. The largest absolute Gasteiger partial charge is 0.504 e. The van der Waals surface area contributed by atoms with Gasteiger partial charge in [0.1, 0.15) is 11.0 Å². The van der Waals surface area contributed by atoms with Crippen LogP contribution in [-0.4, -0.2) is 41.8 Å². The van der Waals surface area contributed by atoms with Crippen LogP contribution in [0.1, 0.15) is 0 Å². The SMILES string of the molecule is COc1ccc(-c2oc3cc(OC)c(O)c(O)c3c(=O)c2OC)c(O)c1O. The van der Waals surface area contributed by atoms with E-state index < -0.39 is 28.4 Å². The maximum absolute atomic E-state index is 12.8. The third-order valence-electron chi connectivity index (χ3n) is 4.06. The third-order valence-corrected chi connectivity index (χ3v) is 4.06. The van der Waals surface area contributed by atoms with Crippen molar-refractivity contribution in [2.45, 2.75) is 0 Å². The molecular weight excluding hydrogens is 360 g/mol. The molecule has 9 heteroatoms. The molecule has 27 heavy (non-hydrogen) atoms. The topological polar surface area (TPSA) is 139 Å². The maximum atomic E-state index is 12.8. The van der Waals surface area contributed by atoms with Crippen molar-refractivity contribution < 1.29 is 39.1 Å². The zero-order chi connectivity index (χ0) is 19.9. The molecule has 0 amide bonds. The predicted molar refractivity (Wildman–Crippen MR) is 94.2 cm³/mol. The van der Waals surface area contributed by atoms with Crippen molar-refractivity contribution in [1.82, 2.24) is 0 Å². The maximum Gasteiger partial charge on any atom is 0.239 e. The van der Waals surface area contributed by atoms with Gasteiger partial charge in [0.25, 0.3) is 0 Å².